The molecule has 2 aromatic carbocycles. The molecule has 0 aliphatic carbocycles. The van der Waals surface area contributed by atoms with Gasteiger partial charge in [-0.1, -0.05) is 17.0 Å². The summed E-state index contributed by atoms with van der Waals surface area (Å²) in [7, 11) is 1.29. The fourth-order valence-corrected chi connectivity index (χ4v) is 3.68. The van der Waals surface area contributed by atoms with Crippen molar-refractivity contribution in [2.45, 2.75) is 10.9 Å². The van der Waals surface area contributed by atoms with Gasteiger partial charge in [0.25, 0.3) is 5.91 Å². The second-order valence-corrected chi connectivity index (χ2v) is 7.56. The van der Waals surface area contributed by atoms with Gasteiger partial charge in [0.15, 0.2) is 10.9 Å². The van der Waals surface area contributed by atoms with Gasteiger partial charge in [0, 0.05) is 23.8 Å². The first-order chi connectivity index (χ1) is 16.0. The maximum Gasteiger partial charge on any atom is 0.337 e. The van der Waals surface area contributed by atoms with Crippen molar-refractivity contribution in [2.24, 2.45) is 0 Å². The number of anilines is 1. The molecule has 2 heterocycles. The molecule has 0 aliphatic rings. The van der Waals surface area contributed by atoms with E-state index < -0.39 is 11.9 Å². The standard InChI is InChI=1S/C22H17FN6O3S/c1-32-21(31)14-3-7-16(8-4-14)26-20(30)19-18(13-33-22-24-11-2-12-25-22)29(28-27-19)17-9-5-15(23)6-10-17/h2-12H,13H2,1H3,(H,26,30). The lowest BCUT2D eigenvalue weighted by molar-refractivity contribution is 0.0600. The molecule has 0 bridgehead atoms. The molecule has 1 N–H and O–H groups in total. The number of methoxy groups -OCH3 is 1. The van der Waals surface area contributed by atoms with E-state index in [0.29, 0.717) is 33.5 Å². The van der Waals surface area contributed by atoms with E-state index in [-0.39, 0.29) is 11.5 Å². The van der Waals surface area contributed by atoms with Gasteiger partial charge in [-0.15, -0.1) is 5.10 Å². The molecule has 0 unspecified atom stereocenters. The van der Waals surface area contributed by atoms with Crippen molar-refractivity contribution in [3.05, 3.63) is 89.8 Å². The number of benzene rings is 2. The van der Waals surface area contributed by atoms with Crippen LogP contribution in [0.15, 0.2) is 72.1 Å². The number of thioether (sulfide) groups is 1. The van der Waals surface area contributed by atoms with E-state index in [9.17, 15) is 14.0 Å². The van der Waals surface area contributed by atoms with Crippen LogP contribution in [0.1, 0.15) is 26.5 Å². The highest BCUT2D eigenvalue weighted by atomic mass is 32.2. The highest BCUT2D eigenvalue weighted by molar-refractivity contribution is 7.98. The molecule has 166 valence electrons. The van der Waals surface area contributed by atoms with Gasteiger partial charge in [0.1, 0.15) is 5.82 Å². The number of rotatable bonds is 7. The van der Waals surface area contributed by atoms with Crippen LogP contribution in [0.25, 0.3) is 5.69 Å². The Labute approximate surface area is 192 Å². The largest absolute Gasteiger partial charge is 0.465 e. The van der Waals surface area contributed by atoms with Crippen molar-refractivity contribution in [3.8, 4) is 5.69 Å². The Bertz CT molecular complexity index is 1260. The third-order valence-electron chi connectivity index (χ3n) is 4.49. The summed E-state index contributed by atoms with van der Waals surface area (Å²) in [6.07, 6.45) is 3.24. The molecule has 0 fully saturated rings. The van der Waals surface area contributed by atoms with E-state index in [1.807, 2.05) is 0 Å². The van der Waals surface area contributed by atoms with E-state index in [1.165, 1.54) is 35.7 Å². The summed E-state index contributed by atoms with van der Waals surface area (Å²) in [5.74, 6) is -1.06. The summed E-state index contributed by atoms with van der Waals surface area (Å²) in [5.41, 5.74) is 1.96. The Morgan fingerprint density at radius 2 is 1.76 bits per heavy atom. The molecular weight excluding hydrogens is 447 g/mol. The summed E-state index contributed by atoms with van der Waals surface area (Å²) in [5, 5.41) is 11.4. The molecule has 0 radical (unpaired) electrons. The average molecular weight is 464 g/mol. The highest BCUT2D eigenvalue weighted by Gasteiger charge is 2.22. The van der Waals surface area contributed by atoms with Crippen molar-refractivity contribution in [2.75, 3.05) is 12.4 Å². The molecular formula is C22H17FN6O3S. The van der Waals surface area contributed by atoms with E-state index in [2.05, 4.69) is 30.3 Å². The number of hydrogen-bond donors (Lipinski definition) is 1. The zero-order valence-corrected chi connectivity index (χ0v) is 18.1. The summed E-state index contributed by atoms with van der Waals surface area (Å²) in [6, 6.07) is 13.7. The van der Waals surface area contributed by atoms with Crippen molar-refractivity contribution < 1.29 is 18.7 Å². The molecule has 9 nitrogen and oxygen atoms in total. The highest BCUT2D eigenvalue weighted by Crippen LogP contribution is 2.23. The number of carbonyl (C=O) groups excluding carboxylic acids is 2. The zero-order chi connectivity index (χ0) is 23.2. The molecule has 0 saturated carbocycles. The predicted molar refractivity (Wildman–Crippen MR) is 119 cm³/mol. The third kappa shape index (κ3) is 5.21. The van der Waals surface area contributed by atoms with Crippen LogP contribution in [-0.2, 0) is 10.5 Å². The third-order valence-corrected chi connectivity index (χ3v) is 5.38. The number of nitrogens with one attached hydrogen (secondary N) is 1. The van der Waals surface area contributed by atoms with E-state index in [0.717, 1.165) is 0 Å². The van der Waals surface area contributed by atoms with Crippen LogP contribution in [0.2, 0.25) is 0 Å². The van der Waals surface area contributed by atoms with Gasteiger partial charge < -0.3 is 10.1 Å². The van der Waals surface area contributed by atoms with Crippen molar-refractivity contribution in [1.29, 1.82) is 0 Å². The lowest BCUT2D eigenvalue weighted by Gasteiger charge is -2.09. The SMILES string of the molecule is COC(=O)c1ccc(NC(=O)c2nnn(-c3ccc(F)cc3)c2CSc2ncccn2)cc1. The second kappa shape index (κ2) is 10.0. The number of esters is 1. The first-order valence-corrected chi connectivity index (χ1v) is 10.6. The fraction of sp³-hybridized carbons (Fsp3) is 0.0909. The Balaban J connectivity index is 1.61. The molecule has 33 heavy (non-hydrogen) atoms. The first kappa shape index (κ1) is 22.1. The van der Waals surface area contributed by atoms with Crippen molar-refractivity contribution in [1.82, 2.24) is 25.0 Å². The lowest BCUT2D eigenvalue weighted by atomic mass is 10.2. The lowest BCUT2D eigenvalue weighted by Crippen LogP contribution is -2.15. The summed E-state index contributed by atoms with van der Waals surface area (Å²) in [6.45, 7) is 0. The maximum absolute atomic E-state index is 13.4. The van der Waals surface area contributed by atoms with Gasteiger partial charge in [-0.3, -0.25) is 4.79 Å². The normalized spacial score (nSPS) is 10.6. The Kier molecular flexibility index (Phi) is 6.69. The minimum Gasteiger partial charge on any atom is -0.465 e. The summed E-state index contributed by atoms with van der Waals surface area (Å²) < 4.78 is 19.5. The Morgan fingerprint density at radius 3 is 2.42 bits per heavy atom. The van der Waals surface area contributed by atoms with Crippen LogP contribution in [0, 0.1) is 5.82 Å². The maximum atomic E-state index is 13.4. The molecule has 4 rings (SSSR count). The molecule has 11 heteroatoms. The number of amides is 1. The summed E-state index contributed by atoms with van der Waals surface area (Å²) in [4.78, 5) is 33.0. The van der Waals surface area contributed by atoms with Crippen LogP contribution in [0.4, 0.5) is 10.1 Å². The number of halogens is 1. The number of ether oxygens (including phenoxy) is 1. The van der Waals surface area contributed by atoms with Gasteiger partial charge in [-0.05, 0) is 54.6 Å². The van der Waals surface area contributed by atoms with Gasteiger partial charge in [-0.25, -0.2) is 23.8 Å². The zero-order valence-electron chi connectivity index (χ0n) is 17.3. The van der Waals surface area contributed by atoms with Crippen molar-refractivity contribution >= 4 is 29.3 Å². The van der Waals surface area contributed by atoms with Gasteiger partial charge >= 0.3 is 5.97 Å². The Morgan fingerprint density at radius 1 is 1.06 bits per heavy atom. The quantitative estimate of drug-likeness (QED) is 0.251. The van der Waals surface area contributed by atoms with Crippen LogP contribution in [0.3, 0.4) is 0 Å². The first-order valence-electron chi connectivity index (χ1n) is 9.65. The van der Waals surface area contributed by atoms with Gasteiger partial charge in [-0.2, -0.15) is 0 Å². The minimum atomic E-state index is -0.487. The molecule has 0 aliphatic heterocycles. The second-order valence-electron chi connectivity index (χ2n) is 6.62. The molecule has 2 aromatic heterocycles. The molecule has 1 amide bonds. The van der Waals surface area contributed by atoms with E-state index >= 15 is 0 Å². The van der Waals surface area contributed by atoms with E-state index in [1.54, 1.807) is 54.9 Å². The minimum absolute atomic E-state index is 0.0970. The van der Waals surface area contributed by atoms with Crippen LogP contribution in [-0.4, -0.2) is 43.9 Å². The number of nitrogens with zero attached hydrogens (tertiary/aromatic N) is 5. The van der Waals surface area contributed by atoms with Crippen LogP contribution < -0.4 is 5.32 Å². The monoisotopic (exact) mass is 464 g/mol. The molecule has 0 atom stereocenters. The van der Waals surface area contributed by atoms with Crippen LogP contribution in [0.5, 0.6) is 0 Å². The van der Waals surface area contributed by atoms with Crippen molar-refractivity contribution in [3.63, 3.8) is 0 Å². The smallest absolute Gasteiger partial charge is 0.337 e. The molecule has 4 aromatic rings. The van der Waals surface area contributed by atoms with Crippen LogP contribution >= 0.6 is 11.8 Å². The topological polar surface area (TPSA) is 112 Å². The fourth-order valence-electron chi connectivity index (χ4n) is 2.89. The number of carbonyl (C=O) groups is 2. The van der Waals surface area contributed by atoms with Gasteiger partial charge in [0.05, 0.1) is 24.1 Å². The number of hydrogen-bond acceptors (Lipinski definition) is 8. The Hall–Kier alpha value is -4.12. The predicted octanol–water partition coefficient (Wildman–Crippen LogP) is 3.53. The summed E-state index contributed by atoms with van der Waals surface area (Å²) >= 11 is 1.31. The number of aromatic nitrogens is 5. The van der Waals surface area contributed by atoms with E-state index in [4.69, 9.17) is 0 Å². The molecule has 0 saturated heterocycles. The van der Waals surface area contributed by atoms with Gasteiger partial charge in [0.2, 0.25) is 0 Å². The molecule has 0 spiro atoms. The average Bonchev–Trinajstić information content (AvgIpc) is 3.28.